The second-order valence-corrected chi connectivity index (χ2v) is 7.18. The Labute approximate surface area is 154 Å². The highest BCUT2D eigenvalue weighted by Crippen LogP contribution is 2.24. The molecule has 6 heteroatoms. The van der Waals surface area contributed by atoms with E-state index < -0.39 is 0 Å². The Morgan fingerprint density at radius 1 is 1.00 bits per heavy atom. The summed E-state index contributed by atoms with van der Waals surface area (Å²) in [6.07, 6.45) is 0. The van der Waals surface area contributed by atoms with Crippen LogP contribution < -0.4 is 0 Å². The number of rotatable bonds is 4. The molecule has 0 unspecified atom stereocenters. The van der Waals surface area contributed by atoms with Crippen LogP contribution >= 0.6 is 23.4 Å². The predicted molar refractivity (Wildman–Crippen MR) is 102 cm³/mol. The zero-order chi connectivity index (χ0) is 17.2. The molecule has 0 aliphatic carbocycles. The van der Waals surface area contributed by atoms with Gasteiger partial charge in [0.1, 0.15) is 5.03 Å². The molecule has 2 heterocycles. The van der Waals surface area contributed by atoms with Crippen molar-refractivity contribution in [3.8, 4) is 11.4 Å². The molecular formula is C19H15ClN4S. The second-order valence-electron chi connectivity index (χ2n) is 5.75. The van der Waals surface area contributed by atoms with Crippen LogP contribution in [0.1, 0.15) is 11.1 Å². The van der Waals surface area contributed by atoms with Gasteiger partial charge in [-0.2, -0.15) is 9.61 Å². The third-order valence-corrected chi connectivity index (χ3v) is 5.05. The molecule has 0 amide bonds. The van der Waals surface area contributed by atoms with Gasteiger partial charge < -0.3 is 0 Å². The fourth-order valence-corrected chi connectivity index (χ4v) is 3.53. The highest BCUT2D eigenvalue weighted by Gasteiger charge is 2.10. The van der Waals surface area contributed by atoms with E-state index in [4.69, 9.17) is 16.7 Å². The first-order chi connectivity index (χ1) is 12.2. The van der Waals surface area contributed by atoms with Gasteiger partial charge in [-0.25, -0.2) is 0 Å². The Balaban J connectivity index is 1.63. The molecule has 0 aliphatic rings. The second kappa shape index (κ2) is 6.86. The Hall–Kier alpha value is -2.37. The van der Waals surface area contributed by atoms with E-state index in [0.717, 1.165) is 32.8 Å². The minimum absolute atomic E-state index is 0.739. The molecule has 0 fully saturated rings. The van der Waals surface area contributed by atoms with Crippen LogP contribution in [0, 0.1) is 6.92 Å². The van der Waals surface area contributed by atoms with E-state index in [2.05, 4.69) is 35.3 Å². The lowest BCUT2D eigenvalue weighted by atomic mass is 10.1. The van der Waals surface area contributed by atoms with Gasteiger partial charge in [0.25, 0.3) is 0 Å². The Morgan fingerprint density at radius 2 is 1.84 bits per heavy atom. The van der Waals surface area contributed by atoms with Gasteiger partial charge in [-0.1, -0.05) is 65.3 Å². The predicted octanol–water partition coefficient (Wildman–Crippen LogP) is 5.05. The molecule has 0 N–H and O–H groups in total. The summed E-state index contributed by atoms with van der Waals surface area (Å²) < 4.78 is 1.80. The van der Waals surface area contributed by atoms with Crippen LogP contribution in [0.5, 0.6) is 0 Å². The number of aryl methyl sites for hydroxylation is 1. The van der Waals surface area contributed by atoms with Crippen molar-refractivity contribution in [2.24, 2.45) is 0 Å². The maximum atomic E-state index is 6.04. The van der Waals surface area contributed by atoms with E-state index >= 15 is 0 Å². The number of thioether (sulfide) groups is 1. The summed E-state index contributed by atoms with van der Waals surface area (Å²) in [5, 5.41) is 14.9. The Bertz CT molecular complexity index is 1030. The van der Waals surface area contributed by atoms with Crippen molar-refractivity contribution in [1.29, 1.82) is 0 Å². The minimum Gasteiger partial charge on any atom is -0.192 e. The molecule has 124 valence electrons. The summed E-state index contributed by atoms with van der Waals surface area (Å²) >= 11 is 7.70. The highest BCUT2D eigenvalue weighted by molar-refractivity contribution is 7.98. The fourth-order valence-electron chi connectivity index (χ4n) is 2.52. The molecule has 4 rings (SSSR count). The van der Waals surface area contributed by atoms with Gasteiger partial charge in [0.15, 0.2) is 11.5 Å². The number of aromatic nitrogens is 4. The van der Waals surface area contributed by atoms with E-state index in [1.165, 1.54) is 11.1 Å². The molecule has 0 saturated heterocycles. The van der Waals surface area contributed by atoms with Gasteiger partial charge in [0.05, 0.1) is 0 Å². The standard InChI is InChI=1S/C19H15ClN4S/c1-13-5-7-15(8-6-13)19-22-21-17-9-10-18(23-24(17)19)25-12-14-3-2-4-16(20)11-14/h2-11H,12H2,1H3. The lowest BCUT2D eigenvalue weighted by molar-refractivity contribution is 0.860. The van der Waals surface area contributed by atoms with Crippen LogP contribution in [0.3, 0.4) is 0 Å². The lowest BCUT2D eigenvalue weighted by Crippen LogP contribution is -1.96. The Kier molecular flexibility index (Phi) is 4.42. The molecule has 2 aromatic heterocycles. The minimum atomic E-state index is 0.739. The first kappa shape index (κ1) is 16.1. The maximum Gasteiger partial charge on any atom is 0.185 e. The average Bonchev–Trinajstić information content (AvgIpc) is 3.04. The van der Waals surface area contributed by atoms with Gasteiger partial charge in [-0.15, -0.1) is 10.2 Å². The van der Waals surface area contributed by atoms with Crippen LogP contribution in [0.2, 0.25) is 5.02 Å². The van der Waals surface area contributed by atoms with Crippen LogP contribution in [0.15, 0.2) is 65.7 Å². The number of hydrogen-bond acceptors (Lipinski definition) is 4. The highest BCUT2D eigenvalue weighted by atomic mass is 35.5. The molecule has 4 nitrogen and oxygen atoms in total. The number of fused-ring (bicyclic) bond motifs is 1. The summed E-state index contributed by atoms with van der Waals surface area (Å²) in [6.45, 7) is 2.06. The molecule has 25 heavy (non-hydrogen) atoms. The zero-order valence-corrected chi connectivity index (χ0v) is 15.1. The quantitative estimate of drug-likeness (QED) is 0.474. The summed E-state index contributed by atoms with van der Waals surface area (Å²) in [4.78, 5) is 0. The van der Waals surface area contributed by atoms with Crippen LogP contribution in [-0.2, 0) is 5.75 Å². The third kappa shape index (κ3) is 3.52. The van der Waals surface area contributed by atoms with E-state index in [1.54, 1.807) is 16.3 Å². The molecule has 0 atom stereocenters. The summed E-state index contributed by atoms with van der Waals surface area (Å²) in [7, 11) is 0. The maximum absolute atomic E-state index is 6.04. The van der Waals surface area contributed by atoms with Crippen molar-refractivity contribution in [2.45, 2.75) is 17.7 Å². The number of nitrogens with zero attached hydrogens (tertiary/aromatic N) is 4. The molecular weight excluding hydrogens is 352 g/mol. The molecule has 0 radical (unpaired) electrons. The first-order valence-electron chi connectivity index (χ1n) is 7.86. The van der Waals surface area contributed by atoms with Crippen molar-refractivity contribution >= 4 is 29.0 Å². The fraction of sp³-hybridized carbons (Fsp3) is 0.105. The first-order valence-corrected chi connectivity index (χ1v) is 9.22. The Morgan fingerprint density at radius 3 is 2.64 bits per heavy atom. The van der Waals surface area contributed by atoms with Crippen molar-refractivity contribution in [3.63, 3.8) is 0 Å². The third-order valence-electron chi connectivity index (χ3n) is 3.82. The van der Waals surface area contributed by atoms with E-state index in [1.807, 2.05) is 42.5 Å². The van der Waals surface area contributed by atoms with Crippen molar-refractivity contribution in [3.05, 3.63) is 76.8 Å². The smallest absolute Gasteiger partial charge is 0.185 e. The van der Waals surface area contributed by atoms with Gasteiger partial charge in [0.2, 0.25) is 0 Å². The monoisotopic (exact) mass is 366 g/mol. The summed E-state index contributed by atoms with van der Waals surface area (Å²) in [5.74, 6) is 1.56. The molecule has 0 bridgehead atoms. The van der Waals surface area contributed by atoms with Crippen molar-refractivity contribution in [1.82, 2.24) is 19.8 Å². The summed E-state index contributed by atoms with van der Waals surface area (Å²) in [5.41, 5.74) is 4.12. The normalized spacial score (nSPS) is 11.1. The molecule has 2 aromatic carbocycles. The van der Waals surface area contributed by atoms with E-state index in [0.29, 0.717) is 0 Å². The SMILES string of the molecule is Cc1ccc(-c2nnc3ccc(SCc4cccc(Cl)c4)nn23)cc1. The van der Waals surface area contributed by atoms with Gasteiger partial charge in [-0.3, -0.25) is 0 Å². The zero-order valence-electron chi connectivity index (χ0n) is 13.6. The average molecular weight is 367 g/mol. The van der Waals surface area contributed by atoms with Gasteiger partial charge in [-0.05, 0) is 36.8 Å². The topological polar surface area (TPSA) is 43.1 Å². The lowest BCUT2D eigenvalue weighted by Gasteiger charge is -2.04. The molecule has 0 aliphatic heterocycles. The van der Waals surface area contributed by atoms with Gasteiger partial charge in [0, 0.05) is 16.3 Å². The largest absolute Gasteiger partial charge is 0.192 e. The van der Waals surface area contributed by atoms with Crippen molar-refractivity contribution < 1.29 is 0 Å². The molecule has 0 spiro atoms. The van der Waals surface area contributed by atoms with Crippen LogP contribution in [0.4, 0.5) is 0 Å². The summed E-state index contributed by atoms with van der Waals surface area (Å²) in [6, 6.07) is 20.0. The van der Waals surface area contributed by atoms with E-state index in [9.17, 15) is 0 Å². The van der Waals surface area contributed by atoms with Crippen LogP contribution in [-0.4, -0.2) is 19.8 Å². The number of hydrogen-bond donors (Lipinski definition) is 0. The molecule has 4 aromatic rings. The van der Waals surface area contributed by atoms with Crippen molar-refractivity contribution in [2.75, 3.05) is 0 Å². The number of benzene rings is 2. The van der Waals surface area contributed by atoms with Crippen LogP contribution in [0.25, 0.3) is 17.0 Å². The van der Waals surface area contributed by atoms with Gasteiger partial charge >= 0.3 is 0 Å². The van der Waals surface area contributed by atoms with E-state index in [-0.39, 0.29) is 0 Å². The number of halogens is 1. The molecule has 0 saturated carbocycles.